The van der Waals surface area contributed by atoms with E-state index in [4.69, 9.17) is 0 Å². The van der Waals surface area contributed by atoms with E-state index in [2.05, 4.69) is 50.8 Å². The molecule has 0 saturated carbocycles. The highest BCUT2D eigenvalue weighted by atomic mass is 79.9. The lowest BCUT2D eigenvalue weighted by atomic mass is 10.4. The highest BCUT2D eigenvalue weighted by molar-refractivity contribution is 7.82. The SMILES string of the molecule is CC[P+](C)(CC)c1ccccc1.[Br-]. The molecule has 74 valence electrons. The van der Waals surface area contributed by atoms with E-state index in [-0.39, 0.29) is 17.0 Å². The van der Waals surface area contributed by atoms with E-state index >= 15 is 0 Å². The van der Waals surface area contributed by atoms with Gasteiger partial charge in [-0.25, -0.2) is 0 Å². The van der Waals surface area contributed by atoms with E-state index in [0.717, 1.165) is 0 Å². The van der Waals surface area contributed by atoms with Gasteiger partial charge in [0.1, 0.15) is 0 Å². The molecule has 0 nitrogen and oxygen atoms in total. The lowest BCUT2D eigenvalue weighted by molar-refractivity contribution is -0.00000264. The summed E-state index contributed by atoms with van der Waals surface area (Å²) >= 11 is 0. The fourth-order valence-electron chi connectivity index (χ4n) is 1.38. The van der Waals surface area contributed by atoms with E-state index < -0.39 is 7.26 Å². The van der Waals surface area contributed by atoms with Gasteiger partial charge in [0.25, 0.3) is 0 Å². The summed E-state index contributed by atoms with van der Waals surface area (Å²) in [6.45, 7) is 7.07. The second-order valence-corrected chi connectivity index (χ2v) is 7.94. The summed E-state index contributed by atoms with van der Waals surface area (Å²) in [6, 6.07) is 11.0. The summed E-state index contributed by atoms with van der Waals surface area (Å²) < 4.78 is 0. The zero-order valence-electron chi connectivity index (χ0n) is 8.63. The first-order valence-electron chi connectivity index (χ1n) is 4.63. The molecule has 0 aliphatic heterocycles. The maximum absolute atomic E-state index is 2.45. The van der Waals surface area contributed by atoms with E-state index in [9.17, 15) is 0 Å². The minimum absolute atomic E-state index is 0. The van der Waals surface area contributed by atoms with Crippen molar-refractivity contribution in [1.82, 2.24) is 0 Å². The van der Waals surface area contributed by atoms with Gasteiger partial charge in [-0.2, -0.15) is 0 Å². The Labute approximate surface area is 92.9 Å². The standard InChI is InChI=1S/C11H18P.BrH/c1-4-12(3,5-2)11-9-7-6-8-10-11;/h6-10H,4-5H2,1-3H3;1H/q+1;/p-1. The third-order valence-electron chi connectivity index (χ3n) is 2.78. The highest BCUT2D eigenvalue weighted by Crippen LogP contribution is 2.52. The Hall–Kier alpha value is 0.130. The Morgan fingerprint density at radius 2 is 1.46 bits per heavy atom. The number of hydrogen-bond acceptors (Lipinski definition) is 0. The minimum Gasteiger partial charge on any atom is -1.00 e. The van der Waals surface area contributed by atoms with E-state index in [0.29, 0.717) is 0 Å². The smallest absolute Gasteiger partial charge is 0.0936 e. The fraction of sp³-hybridized carbons (Fsp3) is 0.455. The van der Waals surface area contributed by atoms with Crippen molar-refractivity contribution in [1.29, 1.82) is 0 Å². The molecule has 0 aromatic heterocycles. The molecular formula is C11H18BrP. The van der Waals surface area contributed by atoms with Gasteiger partial charge in [0.2, 0.25) is 0 Å². The quantitative estimate of drug-likeness (QED) is 0.672. The lowest BCUT2D eigenvalue weighted by Crippen LogP contribution is -3.00. The predicted octanol–water partition coefficient (Wildman–Crippen LogP) is 0.00310. The van der Waals surface area contributed by atoms with Crippen molar-refractivity contribution >= 4 is 12.6 Å². The predicted molar refractivity (Wildman–Crippen MR) is 60.0 cm³/mol. The van der Waals surface area contributed by atoms with Crippen molar-refractivity contribution in [3.05, 3.63) is 30.3 Å². The topological polar surface area (TPSA) is 0 Å². The molecule has 0 unspecified atom stereocenters. The van der Waals surface area contributed by atoms with Crippen LogP contribution >= 0.6 is 7.26 Å². The van der Waals surface area contributed by atoms with Crippen LogP contribution in [0.25, 0.3) is 0 Å². The van der Waals surface area contributed by atoms with Crippen LogP contribution < -0.4 is 22.3 Å². The first kappa shape index (κ1) is 13.1. The molecule has 0 heterocycles. The second-order valence-electron chi connectivity index (χ2n) is 3.36. The van der Waals surface area contributed by atoms with Gasteiger partial charge in [0.05, 0.1) is 24.3 Å². The lowest BCUT2D eigenvalue weighted by Gasteiger charge is -2.19. The van der Waals surface area contributed by atoms with Crippen LogP contribution in [0, 0.1) is 0 Å². The largest absolute Gasteiger partial charge is 1.00 e. The molecule has 0 radical (unpaired) electrons. The molecule has 13 heavy (non-hydrogen) atoms. The summed E-state index contributed by atoms with van der Waals surface area (Å²) in [4.78, 5) is 0. The Kier molecular flexibility index (Phi) is 5.83. The minimum atomic E-state index is -0.784. The van der Waals surface area contributed by atoms with Gasteiger partial charge in [-0.15, -0.1) is 0 Å². The molecule has 1 aromatic rings. The normalized spacial score (nSPS) is 10.7. The molecule has 0 N–H and O–H groups in total. The molecule has 0 spiro atoms. The van der Waals surface area contributed by atoms with Crippen LogP contribution in [-0.4, -0.2) is 19.0 Å². The van der Waals surface area contributed by atoms with Crippen LogP contribution in [-0.2, 0) is 0 Å². The monoisotopic (exact) mass is 260 g/mol. The first-order chi connectivity index (χ1) is 5.73. The Morgan fingerprint density at radius 3 is 1.85 bits per heavy atom. The molecule has 0 atom stereocenters. The molecule has 1 aromatic carbocycles. The van der Waals surface area contributed by atoms with Crippen molar-refractivity contribution in [3.63, 3.8) is 0 Å². The molecular weight excluding hydrogens is 243 g/mol. The number of rotatable bonds is 3. The number of hydrogen-bond donors (Lipinski definition) is 0. The number of benzene rings is 1. The van der Waals surface area contributed by atoms with E-state index in [1.807, 2.05) is 0 Å². The van der Waals surface area contributed by atoms with Gasteiger partial charge in [0.15, 0.2) is 0 Å². The third kappa shape index (κ3) is 3.07. The zero-order chi connectivity index (χ0) is 9.03. The molecule has 2 heteroatoms. The number of halogens is 1. The van der Waals surface area contributed by atoms with E-state index in [1.165, 1.54) is 12.3 Å². The Morgan fingerprint density at radius 1 is 1.00 bits per heavy atom. The van der Waals surface area contributed by atoms with Crippen molar-refractivity contribution in [2.45, 2.75) is 13.8 Å². The third-order valence-corrected chi connectivity index (χ3v) is 7.11. The molecule has 1 rings (SSSR count). The summed E-state index contributed by atoms with van der Waals surface area (Å²) in [6.07, 6.45) is 2.65. The molecule has 0 saturated heterocycles. The highest BCUT2D eigenvalue weighted by Gasteiger charge is 2.29. The van der Waals surface area contributed by atoms with Crippen LogP contribution in [0.1, 0.15) is 13.8 Å². The summed E-state index contributed by atoms with van der Waals surface area (Å²) in [5.41, 5.74) is 0. The van der Waals surface area contributed by atoms with Crippen LogP contribution in [0.15, 0.2) is 30.3 Å². The van der Waals surface area contributed by atoms with Gasteiger partial charge < -0.3 is 17.0 Å². The summed E-state index contributed by atoms with van der Waals surface area (Å²) in [5, 5.41) is 1.58. The summed E-state index contributed by atoms with van der Waals surface area (Å²) in [5.74, 6) is 0. The first-order valence-corrected chi connectivity index (χ1v) is 7.23. The van der Waals surface area contributed by atoms with Gasteiger partial charge in [-0.05, 0) is 26.0 Å². The molecule has 0 aliphatic carbocycles. The van der Waals surface area contributed by atoms with Crippen molar-refractivity contribution in [2.75, 3.05) is 19.0 Å². The maximum Gasteiger partial charge on any atom is 0.0936 e. The van der Waals surface area contributed by atoms with Gasteiger partial charge in [-0.1, -0.05) is 18.2 Å². The van der Waals surface area contributed by atoms with Crippen molar-refractivity contribution in [3.8, 4) is 0 Å². The van der Waals surface area contributed by atoms with Crippen LogP contribution in [0.3, 0.4) is 0 Å². The van der Waals surface area contributed by atoms with Crippen LogP contribution in [0.5, 0.6) is 0 Å². The molecule has 0 amide bonds. The average molecular weight is 261 g/mol. The van der Waals surface area contributed by atoms with Crippen molar-refractivity contribution < 1.29 is 17.0 Å². The summed E-state index contributed by atoms with van der Waals surface area (Å²) in [7, 11) is -0.784. The van der Waals surface area contributed by atoms with Crippen LogP contribution in [0.2, 0.25) is 0 Å². The van der Waals surface area contributed by atoms with Crippen molar-refractivity contribution in [2.24, 2.45) is 0 Å². The van der Waals surface area contributed by atoms with Gasteiger partial charge in [0, 0.05) is 7.26 Å². The fourth-order valence-corrected chi connectivity index (χ4v) is 3.45. The van der Waals surface area contributed by atoms with Gasteiger partial charge in [-0.3, -0.25) is 0 Å². The molecule has 0 fully saturated rings. The Balaban J connectivity index is 0.00000144. The average Bonchev–Trinajstić information content (AvgIpc) is 2.18. The van der Waals surface area contributed by atoms with Gasteiger partial charge >= 0.3 is 0 Å². The molecule has 0 bridgehead atoms. The van der Waals surface area contributed by atoms with Crippen LogP contribution in [0.4, 0.5) is 0 Å². The zero-order valence-corrected chi connectivity index (χ0v) is 11.1. The Bertz CT molecular complexity index is 229. The molecule has 0 aliphatic rings. The second kappa shape index (κ2) is 5.78. The van der Waals surface area contributed by atoms with E-state index in [1.54, 1.807) is 5.30 Å². The maximum atomic E-state index is 2.45.